The summed E-state index contributed by atoms with van der Waals surface area (Å²) in [6.07, 6.45) is 3.21. The van der Waals surface area contributed by atoms with Crippen molar-refractivity contribution in [3.63, 3.8) is 0 Å². The van der Waals surface area contributed by atoms with E-state index in [2.05, 4.69) is 5.32 Å². The number of carboxylic acid groups (broad SMARTS) is 1. The summed E-state index contributed by atoms with van der Waals surface area (Å²) in [4.78, 5) is 22.7. The molecule has 0 aromatic heterocycles. The molecule has 0 bridgehead atoms. The minimum absolute atomic E-state index is 0.0547. The summed E-state index contributed by atoms with van der Waals surface area (Å²) < 4.78 is 0. The molecule has 1 aliphatic carbocycles. The van der Waals surface area contributed by atoms with E-state index in [9.17, 15) is 9.59 Å². The van der Waals surface area contributed by atoms with Crippen LogP contribution < -0.4 is 5.32 Å². The number of amides is 1. The summed E-state index contributed by atoms with van der Waals surface area (Å²) in [7, 11) is 0. The van der Waals surface area contributed by atoms with E-state index in [1.165, 1.54) is 0 Å². The Balaban J connectivity index is 1.75. The summed E-state index contributed by atoms with van der Waals surface area (Å²) in [6, 6.07) is 9.14. The number of hydrogen-bond acceptors (Lipinski definition) is 2. The number of carboxylic acids is 1. The fraction of sp³-hybridized carbons (Fsp3) is 0.467. The minimum atomic E-state index is -0.688. The number of aliphatic carboxylic acids is 1. The SMILES string of the molecule is O=C(NC[C@H]1CC[C@H](C(=O)O)CC1)c1ccccc1. The Morgan fingerprint density at radius 1 is 1.11 bits per heavy atom. The highest BCUT2D eigenvalue weighted by atomic mass is 16.4. The fourth-order valence-corrected chi connectivity index (χ4v) is 2.54. The van der Waals surface area contributed by atoms with Crippen LogP contribution >= 0.6 is 0 Å². The van der Waals surface area contributed by atoms with E-state index in [1.807, 2.05) is 18.2 Å². The number of rotatable bonds is 4. The van der Waals surface area contributed by atoms with Crippen LogP contribution in [0.3, 0.4) is 0 Å². The van der Waals surface area contributed by atoms with Crippen LogP contribution in [-0.4, -0.2) is 23.5 Å². The zero-order chi connectivity index (χ0) is 13.7. The van der Waals surface area contributed by atoms with Crippen molar-refractivity contribution in [3.8, 4) is 0 Å². The first-order chi connectivity index (χ1) is 9.16. The molecule has 0 spiro atoms. The minimum Gasteiger partial charge on any atom is -0.481 e. The second-order valence-corrected chi connectivity index (χ2v) is 5.13. The average molecular weight is 261 g/mol. The summed E-state index contributed by atoms with van der Waals surface area (Å²) in [5.74, 6) is -0.530. The van der Waals surface area contributed by atoms with Crippen molar-refractivity contribution >= 4 is 11.9 Å². The molecule has 1 saturated carbocycles. The van der Waals surface area contributed by atoms with Gasteiger partial charge in [-0.05, 0) is 43.7 Å². The number of nitrogens with one attached hydrogen (secondary N) is 1. The van der Waals surface area contributed by atoms with E-state index in [4.69, 9.17) is 5.11 Å². The van der Waals surface area contributed by atoms with Gasteiger partial charge in [-0.1, -0.05) is 18.2 Å². The van der Waals surface area contributed by atoms with Crippen LogP contribution in [0.5, 0.6) is 0 Å². The lowest BCUT2D eigenvalue weighted by atomic mass is 9.82. The van der Waals surface area contributed by atoms with Crippen molar-refractivity contribution < 1.29 is 14.7 Å². The molecule has 1 fully saturated rings. The van der Waals surface area contributed by atoms with Crippen LogP contribution in [0.2, 0.25) is 0 Å². The van der Waals surface area contributed by atoms with E-state index < -0.39 is 5.97 Å². The van der Waals surface area contributed by atoms with Crippen molar-refractivity contribution in [1.29, 1.82) is 0 Å². The topological polar surface area (TPSA) is 66.4 Å². The number of carbonyl (C=O) groups excluding carboxylic acids is 1. The molecule has 0 radical (unpaired) electrons. The molecule has 2 N–H and O–H groups in total. The summed E-state index contributed by atoms with van der Waals surface area (Å²) in [5.41, 5.74) is 0.668. The van der Waals surface area contributed by atoms with Crippen LogP contribution in [-0.2, 0) is 4.79 Å². The molecule has 1 aromatic carbocycles. The van der Waals surface area contributed by atoms with Crippen LogP contribution in [0.25, 0.3) is 0 Å². The van der Waals surface area contributed by atoms with Gasteiger partial charge in [0.15, 0.2) is 0 Å². The third kappa shape index (κ3) is 3.81. The van der Waals surface area contributed by atoms with Gasteiger partial charge in [0, 0.05) is 12.1 Å². The predicted octanol–water partition coefficient (Wildman–Crippen LogP) is 2.31. The maximum Gasteiger partial charge on any atom is 0.306 e. The molecular formula is C15H19NO3. The quantitative estimate of drug-likeness (QED) is 0.874. The summed E-state index contributed by atoms with van der Waals surface area (Å²) in [5, 5.41) is 11.8. The lowest BCUT2D eigenvalue weighted by molar-refractivity contribution is -0.143. The van der Waals surface area contributed by atoms with Crippen molar-refractivity contribution in [2.75, 3.05) is 6.54 Å². The molecule has 4 nitrogen and oxygen atoms in total. The highest BCUT2D eigenvalue weighted by Crippen LogP contribution is 2.28. The Hall–Kier alpha value is -1.84. The van der Waals surface area contributed by atoms with Gasteiger partial charge >= 0.3 is 5.97 Å². The maximum absolute atomic E-state index is 11.9. The molecule has 0 heterocycles. The first kappa shape index (κ1) is 13.6. The Morgan fingerprint density at radius 3 is 2.32 bits per heavy atom. The molecule has 4 heteroatoms. The summed E-state index contributed by atoms with van der Waals surface area (Å²) >= 11 is 0. The van der Waals surface area contributed by atoms with E-state index in [0.717, 1.165) is 25.7 Å². The third-order valence-electron chi connectivity index (χ3n) is 3.78. The molecule has 1 aromatic rings. The van der Waals surface area contributed by atoms with E-state index in [0.29, 0.717) is 18.0 Å². The highest BCUT2D eigenvalue weighted by Gasteiger charge is 2.25. The molecule has 0 unspecified atom stereocenters. The lowest BCUT2D eigenvalue weighted by Crippen LogP contribution is -2.32. The first-order valence-corrected chi connectivity index (χ1v) is 6.73. The first-order valence-electron chi connectivity index (χ1n) is 6.73. The van der Waals surface area contributed by atoms with Crippen LogP contribution in [0.1, 0.15) is 36.0 Å². The van der Waals surface area contributed by atoms with Gasteiger partial charge in [-0.15, -0.1) is 0 Å². The smallest absolute Gasteiger partial charge is 0.306 e. The molecule has 2 rings (SSSR count). The molecule has 0 aliphatic heterocycles. The van der Waals surface area contributed by atoms with Crippen LogP contribution in [0.4, 0.5) is 0 Å². The second kappa shape index (κ2) is 6.36. The third-order valence-corrected chi connectivity index (χ3v) is 3.78. The van der Waals surface area contributed by atoms with Crippen molar-refractivity contribution in [3.05, 3.63) is 35.9 Å². The van der Waals surface area contributed by atoms with Gasteiger partial charge in [-0.3, -0.25) is 9.59 Å². The molecule has 1 aliphatic rings. The number of carbonyl (C=O) groups is 2. The van der Waals surface area contributed by atoms with Crippen molar-refractivity contribution in [2.45, 2.75) is 25.7 Å². The predicted molar refractivity (Wildman–Crippen MR) is 71.9 cm³/mol. The van der Waals surface area contributed by atoms with Gasteiger partial charge in [-0.2, -0.15) is 0 Å². The van der Waals surface area contributed by atoms with E-state index in [-0.39, 0.29) is 11.8 Å². The number of hydrogen-bond donors (Lipinski definition) is 2. The normalized spacial score (nSPS) is 22.7. The summed E-state index contributed by atoms with van der Waals surface area (Å²) in [6.45, 7) is 0.639. The molecule has 0 saturated heterocycles. The van der Waals surface area contributed by atoms with Crippen LogP contribution in [0.15, 0.2) is 30.3 Å². The highest BCUT2D eigenvalue weighted by molar-refractivity contribution is 5.94. The van der Waals surface area contributed by atoms with Gasteiger partial charge in [0.2, 0.25) is 0 Å². The van der Waals surface area contributed by atoms with Crippen LogP contribution in [0, 0.1) is 11.8 Å². The Kier molecular flexibility index (Phi) is 4.55. The Bertz CT molecular complexity index is 436. The largest absolute Gasteiger partial charge is 0.481 e. The average Bonchev–Trinajstić information content (AvgIpc) is 2.46. The molecule has 19 heavy (non-hydrogen) atoms. The fourth-order valence-electron chi connectivity index (χ4n) is 2.54. The maximum atomic E-state index is 11.9. The van der Waals surface area contributed by atoms with Gasteiger partial charge in [-0.25, -0.2) is 0 Å². The molecule has 0 atom stereocenters. The van der Waals surface area contributed by atoms with Gasteiger partial charge in [0.05, 0.1) is 5.92 Å². The zero-order valence-electron chi connectivity index (χ0n) is 10.8. The Labute approximate surface area is 112 Å². The lowest BCUT2D eigenvalue weighted by Gasteiger charge is -2.26. The molecule has 102 valence electrons. The second-order valence-electron chi connectivity index (χ2n) is 5.13. The monoisotopic (exact) mass is 261 g/mol. The molecule has 1 amide bonds. The van der Waals surface area contributed by atoms with E-state index in [1.54, 1.807) is 12.1 Å². The number of benzene rings is 1. The Morgan fingerprint density at radius 2 is 1.74 bits per heavy atom. The molecular weight excluding hydrogens is 242 g/mol. The standard InChI is InChI=1S/C15H19NO3/c17-14(12-4-2-1-3-5-12)16-10-11-6-8-13(9-7-11)15(18)19/h1-5,11,13H,6-10H2,(H,16,17)(H,18,19)/t11-,13-. The van der Waals surface area contributed by atoms with Gasteiger partial charge < -0.3 is 10.4 Å². The van der Waals surface area contributed by atoms with Gasteiger partial charge in [0.1, 0.15) is 0 Å². The van der Waals surface area contributed by atoms with E-state index >= 15 is 0 Å². The van der Waals surface area contributed by atoms with Crippen molar-refractivity contribution in [2.24, 2.45) is 11.8 Å². The van der Waals surface area contributed by atoms with Crippen molar-refractivity contribution in [1.82, 2.24) is 5.32 Å². The zero-order valence-corrected chi connectivity index (χ0v) is 10.8. The van der Waals surface area contributed by atoms with Gasteiger partial charge in [0.25, 0.3) is 5.91 Å².